The molecule has 0 spiro atoms. The third-order valence-corrected chi connectivity index (χ3v) is 4.31. The molecule has 0 aromatic heterocycles. The first kappa shape index (κ1) is 14.6. The van der Waals surface area contributed by atoms with E-state index in [1.54, 1.807) is 7.11 Å². The smallest absolute Gasteiger partial charge is 0.233 e. The lowest BCUT2D eigenvalue weighted by atomic mass is 9.77. The number of hydrogen-bond acceptors (Lipinski definition) is 2. The van der Waals surface area contributed by atoms with E-state index in [9.17, 15) is 4.79 Å². The number of amides is 1. The molecule has 0 radical (unpaired) electrons. The second-order valence-electron chi connectivity index (χ2n) is 5.95. The van der Waals surface area contributed by atoms with Crippen LogP contribution >= 0.6 is 0 Å². The molecule has 1 heterocycles. The number of hydrogen-bond donors (Lipinski definition) is 0. The van der Waals surface area contributed by atoms with Gasteiger partial charge in [0.25, 0.3) is 0 Å². The van der Waals surface area contributed by atoms with Gasteiger partial charge in [-0.05, 0) is 37.1 Å². The predicted octanol–water partition coefficient (Wildman–Crippen LogP) is 3.77. The summed E-state index contributed by atoms with van der Waals surface area (Å²) in [6.45, 7) is 4.14. The Morgan fingerprint density at radius 3 is 2.14 bits per heavy atom. The molecule has 0 saturated carbocycles. The minimum Gasteiger partial charge on any atom is -0.497 e. The molecule has 2 unspecified atom stereocenters. The number of β-lactam (4-membered cyclic amide) rings is 1. The predicted molar refractivity (Wildman–Crippen MR) is 86.9 cm³/mol. The van der Waals surface area contributed by atoms with Gasteiger partial charge in [0.2, 0.25) is 5.91 Å². The maximum atomic E-state index is 12.6. The summed E-state index contributed by atoms with van der Waals surface area (Å²) in [6, 6.07) is 18.4. The molecule has 1 aliphatic heterocycles. The van der Waals surface area contributed by atoms with Crippen molar-refractivity contribution < 1.29 is 9.53 Å². The molecular weight excluding hydrogens is 274 g/mol. The third kappa shape index (κ3) is 2.37. The van der Waals surface area contributed by atoms with E-state index in [-0.39, 0.29) is 23.9 Å². The van der Waals surface area contributed by atoms with Crippen molar-refractivity contribution in [3.63, 3.8) is 0 Å². The molecule has 1 fully saturated rings. The van der Waals surface area contributed by atoms with Crippen LogP contribution in [0.5, 0.6) is 5.75 Å². The number of benzene rings is 2. The fourth-order valence-corrected chi connectivity index (χ4v) is 3.23. The normalized spacial score (nSPS) is 20.9. The van der Waals surface area contributed by atoms with E-state index in [1.807, 2.05) is 47.4 Å². The highest BCUT2D eigenvalue weighted by Gasteiger charge is 2.49. The number of likely N-dealkylation sites (tertiary alicyclic amines) is 1. The number of rotatable bonds is 4. The van der Waals surface area contributed by atoms with Crippen LogP contribution in [0.1, 0.15) is 36.9 Å². The SMILES string of the molecule is COc1ccc(C2C(=O)N(C(C)C)C2c2ccccc2)cc1. The summed E-state index contributed by atoms with van der Waals surface area (Å²) in [6.07, 6.45) is 0. The van der Waals surface area contributed by atoms with Gasteiger partial charge in [-0.1, -0.05) is 42.5 Å². The van der Waals surface area contributed by atoms with Gasteiger partial charge in [-0.25, -0.2) is 0 Å². The molecule has 0 bridgehead atoms. The Balaban J connectivity index is 1.96. The van der Waals surface area contributed by atoms with E-state index >= 15 is 0 Å². The second-order valence-corrected chi connectivity index (χ2v) is 5.95. The minimum atomic E-state index is -0.101. The first-order valence-electron chi connectivity index (χ1n) is 7.64. The largest absolute Gasteiger partial charge is 0.497 e. The zero-order valence-electron chi connectivity index (χ0n) is 13.2. The van der Waals surface area contributed by atoms with Gasteiger partial charge in [0, 0.05) is 6.04 Å². The van der Waals surface area contributed by atoms with Crippen LogP contribution in [0.4, 0.5) is 0 Å². The van der Waals surface area contributed by atoms with Gasteiger partial charge in [-0.3, -0.25) is 4.79 Å². The Morgan fingerprint density at radius 2 is 1.59 bits per heavy atom. The molecule has 0 N–H and O–H groups in total. The lowest BCUT2D eigenvalue weighted by Gasteiger charge is -2.50. The molecule has 3 nitrogen and oxygen atoms in total. The van der Waals surface area contributed by atoms with Crippen LogP contribution in [0.2, 0.25) is 0 Å². The van der Waals surface area contributed by atoms with Crippen molar-refractivity contribution >= 4 is 5.91 Å². The maximum absolute atomic E-state index is 12.6. The van der Waals surface area contributed by atoms with Gasteiger partial charge in [0.05, 0.1) is 19.1 Å². The van der Waals surface area contributed by atoms with Crippen molar-refractivity contribution in [2.45, 2.75) is 31.8 Å². The number of carbonyl (C=O) groups is 1. The second kappa shape index (κ2) is 5.84. The van der Waals surface area contributed by atoms with E-state index in [0.29, 0.717) is 0 Å². The molecule has 3 heteroatoms. The van der Waals surface area contributed by atoms with Crippen LogP contribution in [0.15, 0.2) is 54.6 Å². The minimum absolute atomic E-state index is 0.101. The van der Waals surface area contributed by atoms with E-state index in [4.69, 9.17) is 4.74 Å². The molecule has 1 saturated heterocycles. The zero-order chi connectivity index (χ0) is 15.7. The molecular formula is C19H21NO2. The highest BCUT2D eigenvalue weighted by Crippen LogP contribution is 2.47. The summed E-state index contributed by atoms with van der Waals surface area (Å²) < 4.78 is 5.20. The number of methoxy groups -OCH3 is 1. The van der Waals surface area contributed by atoms with Gasteiger partial charge in [0.1, 0.15) is 5.75 Å². The molecule has 22 heavy (non-hydrogen) atoms. The maximum Gasteiger partial charge on any atom is 0.233 e. The summed E-state index contributed by atoms with van der Waals surface area (Å²) in [5, 5.41) is 0. The molecule has 2 atom stereocenters. The summed E-state index contributed by atoms with van der Waals surface area (Å²) >= 11 is 0. The van der Waals surface area contributed by atoms with Gasteiger partial charge >= 0.3 is 0 Å². The van der Waals surface area contributed by atoms with Crippen molar-refractivity contribution in [2.24, 2.45) is 0 Å². The van der Waals surface area contributed by atoms with Crippen molar-refractivity contribution in [3.8, 4) is 5.75 Å². The monoisotopic (exact) mass is 295 g/mol. The fraction of sp³-hybridized carbons (Fsp3) is 0.316. The van der Waals surface area contributed by atoms with Gasteiger partial charge < -0.3 is 9.64 Å². The fourth-order valence-electron chi connectivity index (χ4n) is 3.23. The van der Waals surface area contributed by atoms with E-state index in [0.717, 1.165) is 11.3 Å². The standard InChI is InChI=1S/C19H21NO2/c1-13(2)20-18(15-7-5-4-6-8-15)17(19(20)21)14-9-11-16(22-3)12-10-14/h4-13,17-18H,1-3H3. The molecule has 1 aliphatic rings. The average molecular weight is 295 g/mol. The van der Waals surface area contributed by atoms with Gasteiger partial charge in [0.15, 0.2) is 0 Å². The third-order valence-electron chi connectivity index (χ3n) is 4.31. The molecule has 114 valence electrons. The Hall–Kier alpha value is -2.29. The van der Waals surface area contributed by atoms with Crippen molar-refractivity contribution in [1.82, 2.24) is 4.90 Å². The Kier molecular flexibility index (Phi) is 3.88. The van der Waals surface area contributed by atoms with E-state index in [2.05, 4.69) is 26.0 Å². The Bertz CT molecular complexity index is 649. The topological polar surface area (TPSA) is 29.5 Å². The summed E-state index contributed by atoms with van der Waals surface area (Å²) in [7, 11) is 1.65. The first-order valence-corrected chi connectivity index (χ1v) is 7.64. The van der Waals surface area contributed by atoms with Crippen molar-refractivity contribution in [2.75, 3.05) is 7.11 Å². The lowest BCUT2D eigenvalue weighted by Crippen LogP contribution is -2.56. The summed E-state index contributed by atoms with van der Waals surface area (Å²) in [5.41, 5.74) is 2.24. The Labute approximate surface area is 131 Å². The van der Waals surface area contributed by atoms with Crippen LogP contribution in [0.25, 0.3) is 0 Å². The number of ether oxygens (including phenoxy) is 1. The van der Waals surface area contributed by atoms with Gasteiger partial charge in [-0.15, -0.1) is 0 Å². The molecule has 3 rings (SSSR count). The number of nitrogens with zero attached hydrogens (tertiary/aromatic N) is 1. The molecule has 0 aliphatic carbocycles. The zero-order valence-corrected chi connectivity index (χ0v) is 13.2. The highest BCUT2D eigenvalue weighted by atomic mass is 16.5. The first-order chi connectivity index (χ1) is 10.6. The van der Waals surface area contributed by atoms with Crippen LogP contribution < -0.4 is 4.74 Å². The lowest BCUT2D eigenvalue weighted by molar-refractivity contribution is -0.153. The van der Waals surface area contributed by atoms with Gasteiger partial charge in [-0.2, -0.15) is 0 Å². The van der Waals surface area contributed by atoms with Crippen LogP contribution in [0.3, 0.4) is 0 Å². The quantitative estimate of drug-likeness (QED) is 0.804. The molecule has 2 aromatic rings. The summed E-state index contributed by atoms with van der Waals surface area (Å²) in [5.74, 6) is 0.914. The number of carbonyl (C=O) groups excluding carboxylic acids is 1. The molecule has 2 aromatic carbocycles. The van der Waals surface area contributed by atoms with Crippen LogP contribution in [-0.4, -0.2) is 24.0 Å². The van der Waals surface area contributed by atoms with Crippen molar-refractivity contribution in [1.29, 1.82) is 0 Å². The highest BCUT2D eigenvalue weighted by molar-refractivity contribution is 5.91. The average Bonchev–Trinajstić information content (AvgIpc) is 2.53. The summed E-state index contributed by atoms with van der Waals surface area (Å²) in [4.78, 5) is 14.6. The van der Waals surface area contributed by atoms with Crippen LogP contribution in [-0.2, 0) is 4.79 Å². The van der Waals surface area contributed by atoms with E-state index in [1.165, 1.54) is 5.56 Å². The molecule has 1 amide bonds. The van der Waals surface area contributed by atoms with Crippen molar-refractivity contribution in [3.05, 3.63) is 65.7 Å². The Morgan fingerprint density at radius 1 is 0.955 bits per heavy atom. The van der Waals surface area contributed by atoms with Crippen LogP contribution in [0, 0.1) is 0 Å². The van der Waals surface area contributed by atoms with E-state index < -0.39 is 0 Å².